The summed E-state index contributed by atoms with van der Waals surface area (Å²) in [5.41, 5.74) is -2.94. The fraction of sp³-hybridized carbons (Fsp3) is 0.667. The lowest BCUT2D eigenvalue weighted by molar-refractivity contribution is -0.143. The molecule has 2 amide bonds. The number of allylic oxidation sites excluding steroid dienone is 1. The Morgan fingerprint density at radius 3 is 2.89 bits per heavy atom. The molecule has 4 rings (SSSR count). The summed E-state index contributed by atoms with van der Waals surface area (Å²) < 4.78 is 12.0. The van der Waals surface area contributed by atoms with Gasteiger partial charge >= 0.3 is 6.09 Å². The predicted octanol–water partition coefficient (Wildman–Crippen LogP) is 3.63. The zero-order valence-electron chi connectivity index (χ0n) is 16.8. The van der Waals surface area contributed by atoms with Crippen molar-refractivity contribution in [2.75, 3.05) is 0 Å². The largest absolute Gasteiger partial charge is 0.443 e. The number of ether oxygens (including phenoxy) is 2. The molecule has 1 spiro atoms. The van der Waals surface area contributed by atoms with Crippen LogP contribution in [0.25, 0.3) is 0 Å². The first-order valence-corrected chi connectivity index (χ1v) is 9.91. The number of hydrogen-bond donors (Lipinski definition) is 1. The Balaban J connectivity index is 1.83. The van der Waals surface area contributed by atoms with E-state index in [1.807, 2.05) is 12.2 Å². The van der Waals surface area contributed by atoms with Crippen molar-refractivity contribution in [3.63, 3.8) is 0 Å². The first-order valence-electron chi connectivity index (χ1n) is 9.91. The number of carbonyl (C=O) groups excluding carboxylic acids is 2. The Bertz CT molecular complexity index is 797. The van der Waals surface area contributed by atoms with Crippen LogP contribution in [-0.4, -0.2) is 45.8 Å². The monoisotopic (exact) mass is 388 g/mol. The van der Waals surface area contributed by atoms with E-state index in [1.165, 1.54) is 11.1 Å². The smallest absolute Gasteiger partial charge is 0.419 e. The summed E-state index contributed by atoms with van der Waals surface area (Å²) in [5, 5.41) is 12.0. The molecule has 0 aromatic carbocycles. The second-order valence-corrected chi connectivity index (χ2v) is 9.36. The van der Waals surface area contributed by atoms with E-state index in [9.17, 15) is 9.59 Å². The molecule has 152 valence electrons. The molecular formula is C21H28N2O5. The van der Waals surface area contributed by atoms with Crippen molar-refractivity contribution in [1.29, 1.82) is 0 Å². The highest BCUT2D eigenvalue weighted by molar-refractivity contribution is 5.98. The van der Waals surface area contributed by atoms with Crippen molar-refractivity contribution in [2.45, 2.75) is 70.8 Å². The van der Waals surface area contributed by atoms with Gasteiger partial charge in [-0.2, -0.15) is 0 Å². The van der Waals surface area contributed by atoms with Crippen LogP contribution in [0.2, 0.25) is 0 Å². The van der Waals surface area contributed by atoms with Crippen LogP contribution in [-0.2, 0) is 14.3 Å². The van der Waals surface area contributed by atoms with Crippen LogP contribution in [0.5, 0.6) is 0 Å². The summed E-state index contributed by atoms with van der Waals surface area (Å²) in [4.78, 5) is 27.8. The number of imide groups is 1. The maximum Gasteiger partial charge on any atom is 0.419 e. The topological polar surface area (TPSA) is 88.4 Å². The number of nitrogens with zero attached hydrogens (tertiary/aromatic N) is 2. The van der Waals surface area contributed by atoms with Crippen molar-refractivity contribution in [2.24, 2.45) is 21.9 Å². The Kier molecular flexibility index (Phi) is 4.06. The van der Waals surface area contributed by atoms with Crippen LogP contribution in [0.3, 0.4) is 0 Å². The second kappa shape index (κ2) is 5.92. The van der Waals surface area contributed by atoms with Gasteiger partial charge in [-0.15, -0.1) is 5.16 Å². The molecule has 1 N–H and O–H groups in total. The first-order chi connectivity index (χ1) is 13.1. The van der Waals surface area contributed by atoms with Crippen molar-refractivity contribution in [3.05, 3.63) is 24.3 Å². The summed E-state index contributed by atoms with van der Waals surface area (Å²) in [6, 6.07) is 0. The molecule has 2 bridgehead atoms. The van der Waals surface area contributed by atoms with Crippen molar-refractivity contribution >= 4 is 18.2 Å². The summed E-state index contributed by atoms with van der Waals surface area (Å²) in [6.45, 7) is 7.42. The average Bonchev–Trinajstić information content (AvgIpc) is 3.11. The number of carbonyl (C=O) groups is 2. The highest BCUT2D eigenvalue weighted by Gasteiger charge is 2.82. The molecule has 1 aliphatic carbocycles. The number of likely N-dealkylation sites (tertiary alicyclic amines) is 1. The molecule has 7 nitrogen and oxygen atoms in total. The summed E-state index contributed by atoms with van der Waals surface area (Å²) in [6.07, 6.45) is 11.3. The molecule has 7 heteroatoms. The summed E-state index contributed by atoms with van der Waals surface area (Å²) in [7, 11) is 0. The van der Waals surface area contributed by atoms with Gasteiger partial charge in [0.1, 0.15) is 5.60 Å². The maximum absolute atomic E-state index is 13.5. The zero-order valence-corrected chi connectivity index (χ0v) is 16.8. The van der Waals surface area contributed by atoms with Crippen LogP contribution in [0.15, 0.2) is 29.5 Å². The quantitative estimate of drug-likeness (QED) is 0.345. The Morgan fingerprint density at radius 1 is 1.46 bits per heavy atom. The minimum Gasteiger partial charge on any atom is -0.443 e. The number of hydrogen-bond acceptors (Lipinski definition) is 6. The minimum atomic E-state index is -1.15. The molecule has 1 unspecified atom stereocenters. The van der Waals surface area contributed by atoms with Gasteiger partial charge in [-0.1, -0.05) is 25.2 Å². The maximum atomic E-state index is 13.5. The van der Waals surface area contributed by atoms with Crippen molar-refractivity contribution < 1.29 is 24.3 Å². The number of amides is 2. The molecule has 0 aromatic heterocycles. The Labute approximate surface area is 165 Å². The molecule has 3 aliphatic heterocycles. The van der Waals surface area contributed by atoms with E-state index < -0.39 is 28.2 Å². The van der Waals surface area contributed by atoms with Crippen LogP contribution < -0.4 is 0 Å². The molecule has 2 fully saturated rings. The lowest BCUT2D eigenvalue weighted by atomic mass is 9.52. The van der Waals surface area contributed by atoms with Gasteiger partial charge in [0.15, 0.2) is 5.72 Å². The van der Waals surface area contributed by atoms with Gasteiger partial charge in [0.05, 0.1) is 12.0 Å². The van der Waals surface area contributed by atoms with Crippen molar-refractivity contribution in [1.82, 2.24) is 4.90 Å². The molecule has 0 radical (unpaired) electrons. The SMILES string of the molecule is CC(C)(C)OC(=O)N1C(=O)[C@@H]2CCC=C[C@@]3(CCC=NO)C4C=C[C@@]1(O4)[C@@]23C. The molecule has 0 saturated carbocycles. The molecule has 2 saturated heterocycles. The van der Waals surface area contributed by atoms with Crippen LogP contribution in [0, 0.1) is 16.7 Å². The van der Waals surface area contributed by atoms with Gasteiger partial charge in [0.25, 0.3) is 0 Å². The molecule has 28 heavy (non-hydrogen) atoms. The van der Waals surface area contributed by atoms with Crippen LogP contribution >= 0.6 is 0 Å². The van der Waals surface area contributed by atoms with E-state index in [-0.39, 0.29) is 17.9 Å². The zero-order chi connectivity index (χ0) is 20.4. The normalized spacial score (nSPS) is 41.0. The van der Waals surface area contributed by atoms with E-state index in [2.05, 4.69) is 24.2 Å². The standard InChI is InChI=1S/C21H28N2O5/c1-18(2,3)28-17(25)23-16(24)14-8-5-6-10-20(11-7-13-22-26)15-9-12-21(23,27-15)19(14,20)4/h6,9-10,12-15,26H,5,7-8,11H2,1-4H3/t14-,15?,19-,20+,21+/m0/s1. The molecule has 0 aromatic rings. The number of oxime groups is 1. The van der Waals surface area contributed by atoms with Gasteiger partial charge in [-0.25, -0.2) is 9.69 Å². The molecule has 4 aliphatic rings. The van der Waals surface area contributed by atoms with Gasteiger partial charge in [0.2, 0.25) is 5.91 Å². The fourth-order valence-electron chi connectivity index (χ4n) is 5.81. The fourth-order valence-corrected chi connectivity index (χ4v) is 5.81. The number of rotatable bonds is 3. The summed E-state index contributed by atoms with van der Waals surface area (Å²) in [5.74, 6) is -0.582. The van der Waals surface area contributed by atoms with Crippen LogP contribution in [0.1, 0.15) is 53.4 Å². The molecule has 3 heterocycles. The second-order valence-electron chi connectivity index (χ2n) is 9.36. The van der Waals surface area contributed by atoms with E-state index >= 15 is 0 Å². The molecule has 5 atom stereocenters. The number of fused-ring (bicyclic) bond motifs is 2. The van der Waals surface area contributed by atoms with E-state index in [4.69, 9.17) is 14.7 Å². The lowest BCUT2D eigenvalue weighted by Crippen LogP contribution is -2.57. The summed E-state index contributed by atoms with van der Waals surface area (Å²) >= 11 is 0. The van der Waals surface area contributed by atoms with Gasteiger partial charge in [-0.3, -0.25) is 4.79 Å². The van der Waals surface area contributed by atoms with E-state index in [1.54, 1.807) is 20.8 Å². The average molecular weight is 388 g/mol. The first kappa shape index (κ1) is 19.2. The van der Waals surface area contributed by atoms with Crippen molar-refractivity contribution in [3.8, 4) is 0 Å². The third-order valence-corrected chi connectivity index (χ3v) is 6.95. The molecular weight excluding hydrogens is 360 g/mol. The van der Waals surface area contributed by atoms with Gasteiger partial charge in [-0.05, 0) is 52.5 Å². The third-order valence-electron chi connectivity index (χ3n) is 6.95. The lowest BCUT2D eigenvalue weighted by Gasteiger charge is -2.48. The Hall–Kier alpha value is -2.15. The van der Waals surface area contributed by atoms with Gasteiger partial charge < -0.3 is 14.7 Å². The minimum absolute atomic E-state index is 0.231. The highest BCUT2D eigenvalue weighted by atomic mass is 16.6. The third kappa shape index (κ3) is 2.16. The Morgan fingerprint density at radius 2 is 2.21 bits per heavy atom. The van der Waals surface area contributed by atoms with E-state index in [0.717, 1.165) is 6.42 Å². The van der Waals surface area contributed by atoms with Gasteiger partial charge in [0, 0.05) is 17.0 Å². The van der Waals surface area contributed by atoms with E-state index in [0.29, 0.717) is 19.3 Å². The van der Waals surface area contributed by atoms with Crippen LogP contribution in [0.4, 0.5) is 4.79 Å². The highest BCUT2D eigenvalue weighted by Crippen LogP contribution is 2.73. The predicted molar refractivity (Wildman–Crippen MR) is 102 cm³/mol.